The number of ether oxygens (including phenoxy) is 1. The quantitative estimate of drug-likeness (QED) is 0.755. The monoisotopic (exact) mass is 370 g/mol. The molecule has 0 bridgehead atoms. The van der Waals surface area contributed by atoms with E-state index in [1.54, 1.807) is 18.2 Å². The zero-order valence-corrected chi connectivity index (χ0v) is 13.7. The minimum Gasteiger partial charge on any atom is -0.450 e. The topological polar surface area (TPSA) is 112 Å². The maximum absolute atomic E-state index is 11.8. The van der Waals surface area contributed by atoms with Gasteiger partial charge in [0.1, 0.15) is 5.76 Å². The van der Waals surface area contributed by atoms with Gasteiger partial charge in [-0.1, -0.05) is 23.2 Å². The van der Waals surface area contributed by atoms with E-state index in [0.29, 0.717) is 21.4 Å². The summed E-state index contributed by atoms with van der Waals surface area (Å²) in [7, 11) is 0. The second-order valence-corrected chi connectivity index (χ2v) is 5.45. The van der Waals surface area contributed by atoms with Crippen molar-refractivity contribution in [3.8, 4) is 11.3 Å². The molecule has 0 spiro atoms. The number of hydrogen-bond acceptors (Lipinski definition) is 5. The molecule has 1 heterocycles. The molecule has 0 atom stereocenters. The Hall–Kier alpha value is -2.51. The predicted octanol–water partition coefficient (Wildman–Crippen LogP) is 2.01. The number of hydrogen-bond donors (Lipinski definition) is 2. The molecule has 0 saturated heterocycles. The number of amides is 2. The molecule has 1 aromatic heterocycles. The van der Waals surface area contributed by atoms with Crippen molar-refractivity contribution in [2.75, 3.05) is 13.2 Å². The molecule has 0 saturated carbocycles. The Kier molecular flexibility index (Phi) is 5.83. The van der Waals surface area contributed by atoms with Crippen LogP contribution in [-0.4, -0.2) is 30.9 Å². The van der Waals surface area contributed by atoms with E-state index >= 15 is 0 Å². The Bertz CT molecular complexity index is 788. The molecule has 1 aromatic carbocycles. The Labute approximate surface area is 146 Å². The fraction of sp³-hybridized carbons (Fsp3) is 0.133. The highest BCUT2D eigenvalue weighted by atomic mass is 35.5. The minimum atomic E-state index is -0.839. The first-order chi connectivity index (χ1) is 11.4. The van der Waals surface area contributed by atoms with Crippen molar-refractivity contribution in [1.82, 2.24) is 5.32 Å². The Morgan fingerprint density at radius 1 is 1.17 bits per heavy atom. The number of rotatable bonds is 6. The SMILES string of the molecule is NC(=O)CNC(=O)COC(=O)c1ccc(-c2cc(Cl)ccc2Cl)o1. The van der Waals surface area contributed by atoms with Crippen molar-refractivity contribution in [3.05, 3.63) is 46.1 Å². The van der Waals surface area contributed by atoms with Crippen LogP contribution in [0.3, 0.4) is 0 Å². The number of nitrogens with one attached hydrogen (secondary N) is 1. The summed E-state index contributed by atoms with van der Waals surface area (Å²) in [5, 5.41) is 3.04. The summed E-state index contributed by atoms with van der Waals surface area (Å²) in [6.45, 7) is -0.908. The molecule has 126 valence electrons. The van der Waals surface area contributed by atoms with Gasteiger partial charge in [-0.15, -0.1) is 0 Å². The first kappa shape index (κ1) is 17.8. The van der Waals surface area contributed by atoms with E-state index in [1.807, 2.05) is 0 Å². The lowest BCUT2D eigenvalue weighted by atomic mass is 10.2. The number of esters is 1. The van der Waals surface area contributed by atoms with Gasteiger partial charge in [-0.05, 0) is 30.3 Å². The van der Waals surface area contributed by atoms with Gasteiger partial charge < -0.3 is 20.2 Å². The molecule has 9 heteroatoms. The summed E-state index contributed by atoms with van der Waals surface area (Å²) in [5.41, 5.74) is 5.39. The van der Waals surface area contributed by atoms with Gasteiger partial charge in [0.25, 0.3) is 5.91 Å². The van der Waals surface area contributed by atoms with E-state index in [9.17, 15) is 14.4 Å². The van der Waals surface area contributed by atoms with Crippen molar-refractivity contribution in [2.24, 2.45) is 5.73 Å². The lowest BCUT2D eigenvalue weighted by Crippen LogP contribution is -2.35. The second kappa shape index (κ2) is 7.85. The van der Waals surface area contributed by atoms with Crippen LogP contribution in [0.15, 0.2) is 34.7 Å². The van der Waals surface area contributed by atoms with Gasteiger partial charge in [0, 0.05) is 10.6 Å². The average Bonchev–Trinajstić information content (AvgIpc) is 3.02. The van der Waals surface area contributed by atoms with Crippen LogP contribution in [-0.2, 0) is 14.3 Å². The van der Waals surface area contributed by atoms with Crippen molar-refractivity contribution < 1.29 is 23.5 Å². The van der Waals surface area contributed by atoms with E-state index in [1.165, 1.54) is 12.1 Å². The van der Waals surface area contributed by atoms with Crippen molar-refractivity contribution in [1.29, 1.82) is 0 Å². The van der Waals surface area contributed by atoms with E-state index in [-0.39, 0.29) is 12.3 Å². The summed E-state index contributed by atoms with van der Waals surface area (Å²) in [6.07, 6.45) is 0. The molecular formula is C15H12Cl2N2O5. The van der Waals surface area contributed by atoms with E-state index in [0.717, 1.165) is 0 Å². The van der Waals surface area contributed by atoms with Gasteiger partial charge in [0.15, 0.2) is 6.61 Å². The van der Waals surface area contributed by atoms with E-state index in [4.69, 9.17) is 38.1 Å². The molecule has 2 aromatic rings. The van der Waals surface area contributed by atoms with Crippen molar-refractivity contribution in [2.45, 2.75) is 0 Å². The normalized spacial score (nSPS) is 10.2. The maximum atomic E-state index is 11.8. The van der Waals surface area contributed by atoms with Gasteiger partial charge >= 0.3 is 5.97 Å². The minimum absolute atomic E-state index is 0.108. The molecule has 0 aliphatic carbocycles. The number of carbonyl (C=O) groups excluding carboxylic acids is 3. The summed E-state index contributed by atoms with van der Waals surface area (Å²) < 4.78 is 10.1. The molecule has 7 nitrogen and oxygen atoms in total. The molecule has 0 unspecified atom stereocenters. The van der Waals surface area contributed by atoms with E-state index in [2.05, 4.69) is 5.32 Å². The molecule has 3 N–H and O–H groups in total. The van der Waals surface area contributed by atoms with Gasteiger partial charge in [-0.2, -0.15) is 0 Å². The molecule has 2 rings (SSSR count). The lowest BCUT2D eigenvalue weighted by Gasteiger charge is -2.04. The fourth-order valence-corrected chi connectivity index (χ4v) is 2.10. The Morgan fingerprint density at radius 2 is 1.92 bits per heavy atom. The summed E-state index contributed by atoms with van der Waals surface area (Å²) in [5.74, 6) is -1.99. The van der Waals surface area contributed by atoms with Gasteiger partial charge in [-0.3, -0.25) is 9.59 Å². The highest BCUT2D eigenvalue weighted by molar-refractivity contribution is 6.35. The molecule has 0 fully saturated rings. The number of benzene rings is 1. The molecule has 0 aliphatic heterocycles. The third-order valence-electron chi connectivity index (χ3n) is 2.80. The van der Waals surface area contributed by atoms with Crippen LogP contribution < -0.4 is 11.1 Å². The zero-order valence-electron chi connectivity index (χ0n) is 12.2. The Balaban J connectivity index is 2.00. The van der Waals surface area contributed by atoms with E-state index < -0.39 is 24.4 Å². The van der Waals surface area contributed by atoms with Gasteiger partial charge in [-0.25, -0.2) is 4.79 Å². The highest BCUT2D eigenvalue weighted by Gasteiger charge is 2.17. The largest absolute Gasteiger partial charge is 0.450 e. The number of halogens is 2. The van der Waals surface area contributed by atoms with Crippen LogP contribution in [0.25, 0.3) is 11.3 Å². The number of furan rings is 1. The number of carbonyl (C=O) groups is 3. The number of nitrogens with two attached hydrogens (primary N) is 1. The van der Waals surface area contributed by atoms with Crippen LogP contribution in [0.1, 0.15) is 10.6 Å². The molecular weight excluding hydrogens is 359 g/mol. The highest BCUT2D eigenvalue weighted by Crippen LogP contribution is 2.31. The third-order valence-corrected chi connectivity index (χ3v) is 3.36. The second-order valence-electron chi connectivity index (χ2n) is 4.61. The van der Waals surface area contributed by atoms with Gasteiger partial charge in [0.05, 0.1) is 11.6 Å². The van der Waals surface area contributed by atoms with Crippen LogP contribution in [0, 0.1) is 0 Å². The first-order valence-electron chi connectivity index (χ1n) is 6.64. The maximum Gasteiger partial charge on any atom is 0.374 e. The predicted molar refractivity (Wildman–Crippen MR) is 86.7 cm³/mol. The van der Waals surface area contributed by atoms with Crippen molar-refractivity contribution >= 4 is 41.0 Å². The summed E-state index contributed by atoms with van der Waals surface area (Å²) >= 11 is 12.0. The molecule has 0 radical (unpaired) electrons. The standard InChI is InChI=1S/C15H12Cl2N2O5/c16-8-1-2-10(17)9(5-8)11-3-4-12(24-11)15(22)23-7-14(21)19-6-13(18)20/h1-5H,6-7H2,(H2,18,20)(H,19,21). The summed E-state index contributed by atoms with van der Waals surface area (Å²) in [6, 6.07) is 7.73. The molecule has 24 heavy (non-hydrogen) atoms. The van der Waals surface area contributed by atoms with Gasteiger partial charge in [0.2, 0.25) is 11.7 Å². The zero-order chi connectivity index (χ0) is 17.7. The van der Waals surface area contributed by atoms with Crippen molar-refractivity contribution in [3.63, 3.8) is 0 Å². The van der Waals surface area contributed by atoms with Crippen LogP contribution in [0.4, 0.5) is 0 Å². The smallest absolute Gasteiger partial charge is 0.374 e. The van der Waals surface area contributed by atoms with Crippen LogP contribution in [0.2, 0.25) is 10.0 Å². The number of primary amides is 1. The summed E-state index contributed by atoms with van der Waals surface area (Å²) in [4.78, 5) is 33.7. The average molecular weight is 371 g/mol. The fourth-order valence-electron chi connectivity index (χ4n) is 1.72. The Morgan fingerprint density at radius 3 is 2.62 bits per heavy atom. The van der Waals surface area contributed by atoms with Crippen LogP contribution >= 0.6 is 23.2 Å². The third kappa shape index (κ3) is 4.74. The molecule has 2 amide bonds. The molecule has 0 aliphatic rings. The lowest BCUT2D eigenvalue weighted by molar-refractivity contribution is -0.127. The van der Waals surface area contributed by atoms with Crippen LogP contribution in [0.5, 0.6) is 0 Å². The first-order valence-corrected chi connectivity index (χ1v) is 7.40.